The maximum Gasteiger partial charge on any atom is 0.113 e. The molecule has 0 aromatic rings. The van der Waals surface area contributed by atoms with Gasteiger partial charge in [0.05, 0.1) is 11.7 Å². The van der Waals surface area contributed by atoms with Gasteiger partial charge in [-0.2, -0.15) is 0 Å². The first-order valence-electron chi connectivity index (χ1n) is 3.58. The van der Waals surface area contributed by atoms with Gasteiger partial charge in [-0.25, -0.2) is 0 Å². The van der Waals surface area contributed by atoms with E-state index < -0.39 is 0 Å². The molecule has 1 aliphatic carbocycles. The van der Waals surface area contributed by atoms with Gasteiger partial charge in [-0.1, -0.05) is 0 Å². The van der Waals surface area contributed by atoms with Gasteiger partial charge in [0.1, 0.15) is 6.10 Å². The summed E-state index contributed by atoms with van der Waals surface area (Å²) in [6, 6.07) is 0. The molecule has 0 aromatic carbocycles. The van der Waals surface area contributed by atoms with Crippen LogP contribution in [0.5, 0.6) is 0 Å². The molecule has 9 heavy (non-hydrogen) atoms. The van der Waals surface area contributed by atoms with E-state index in [4.69, 9.17) is 4.74 Å². The molecule has 2 rings (SSSR count). The minimum absolute atomic E-state index is 0.0671. The maximum absolute atomic E-state index is 9.26. The highest BCUT2D eigenvalue weighted by atomic mass is 16.6. The highest BCUT2D eigenvalue weighted by Gasteiger charge is 2.57. The highest BCUT2D eigenvalue weighted by Crippen LogP contribution is 2.47. The monoisotopic (exact) mass is 128 g/mol. The van der Waals surface area contributed by atoms with Crippen molar-refractivity contribution in [3.8, 4) is 0 Å². The number of hydrogen-bond acceptors (Lipinski definition) is 2. The van der Waals surface area contributed by atoms with E-state index in [-0.39, 0.29) is 17.8 Å². The van der Waals surface area contributed by atoms with E-state index in [0.29, 0.717) is 0 Å². The molecule has 0 bridgehead atoms. The molecular formula is C7H12O2. The molecule has 1 saturated heterocycles. The summed E-state index contributed by atoms with van der Waals surface area (Å²) in [4.78, 5) is 0. The molecule has 0 amide bonds. The van der Waals surface area contributed by atoms with Crippen molar-refractivity contribution in [3.05, 3.63) is 0 Å². The van der Waals surface area contributed by atoms with E-state index in [1.54, 1.807) is 0 Å². The third-order valence-corrected chi connectivity index (χ3v) is 2.46. The Morgan fingerprint density at radius 1 is 1.67 bits per heavy atom. The lowest BCUT2D eigenvalue weighted by molar-refractivity contribution is 0.123. The van der Waals surface area contributed by atoms with Gasteiger partial charge in [-0.15, -0.1) is 0 Å². The van der Waals surface area contributed by atoms with Crippen molar-refractivity contribution in [2.45, 2.75) is 44.0 Å². The molecule has 0 radical (unpaired) electrons. The zero-order chi connectivity index (χ0) is 6.48. The molecule has 0 aromatic heterocycles. The smallest absolute Gasteiger partial charge is 0.113 e. The Labute approximate surface area is 54.8 Å². The number of hydrogen-bond donors (Lipinski definition) is 1. The van der Waals surface area contributed by atoms with Crippen LogP contribution in [0, 0.1) is 0 Å². The lowest BCUT2D eigenvalue weighted by atomic mass is 9.89. The van der Waals surface area contributed by atoms with Crippen LogP contribution in [0.4, 0.5) is 0 Å². The quantitative estimate of drug-likeness (QED) is 0.487. The van der Waals surface area contributed by atoms with E-state index in [2.05, 4.69) is 6.92 Å². The molecule has 2 aliphatic rings. The summed E-state index contributed by atoms with van der Waals surface area (Å²) in [7, 11) is 0. The van der Waals surface area contributed by atoms with Crippen LogP contribution in [-0.4, -0.2) is 22.9 Å². The van der Waals surface area contributed by atoms with Crippen LogP contribution >= 0.6 is 0 Å². The van der Waals surface area contributed by atoms with Crippen molar-refractivity contribution in [2.24, 2.45) is 0 Å². The molecule has 1 heterocycles. The second-order valence-electron chi connectivity index (χ2n) is 3.31. The van der Waals surface area contributed by atoms with Gasteiger partial charge in [0.2, 0.25) is 0 Å². The third-order valence-electron chi connectivity index (χ3n) is 2.46. The summed E-state index contributed by atoms with van der Waals surface area (Å²) in [5.74, 6) is 0. The molecule has 1 N–H and O–H groups in total. The van der Waals surface area contributed by atoms with Gasteiger partial charge >= 0.3 is 0 Å². The van der Waals surface area contributed by atoms with E-state index in [1.807, 2.05) is 0 Å². The number of ether oxygens (including phenoxy) is 1. The van der Waals surface area contributed by atoms with E-state index in [9.17, 15) is 5.11 Å². The minimum Gasteiger partial charge on any atom is -0.390 e. The van der Waals surface area contributed by atoms with Crippen LogP contribution < -0.4 is 0 Å². The first-order valence-corrected chi connectivity index (χ1v) is 3.58. The molecule has 3 atom stereocenters. The highest BCUT2D eigenvalue weighted by molar-refractivity contribution is 5.05. The van der Waals surface area contributed by atoms with Crippen LogP contribution in [0.3, 0.4) is 0 Å². The predicted octanol–water partition coefficient (Wildman–Crippen LogP) is 0.689. The van der Waals surface area contributed by atoms with Crippen LogP contribution in [0.2, 0.25) is 0 Å². The molecule has 2 nitrogen and oxygen atoms in total. The fourth-order valence-corrected chi connectivity index (χ4v) is 1.76. The van der Waals surface area contributed by atoms with Crippen molar-refractivity contribution < 1.29 is 9.84 Å². The number of rotatable bonds is 0. The standard InChI is InChI=1S/C7H12O2/c1-7-4-2-3-5(8)6(7)9-7/h5-6,8H,2-4H2,1H3/t5?,6-,7-/m0/s1. The normalized spacial score (nSPS) is 56.7. The molecular weight excluding hydrogens is 116 g/mol. The minimum atomic E-state index is -0.177. The van der Waals surface area contributed by atoms with E-state index >= 15 is 0 Å². The van der Waals surface area contributed by atoms with Crippen LogP contribution in [0.25, 0.3) is 0 Å². The fraction of sp³-hybridized carbons (Fsp3) is 1.00. The van der Waals surface area contributed by atoms with Gasteiger partial charge in [0.15, 0.2) is 0 Å². The largest absolute Gasteiger partial charge is 0.390 e. The van der Waals surface area contributed by atoms with Crippen molar-refractivity contribution in [1.82, 2.24) is 0 Å². The third kappa shape index (κ3) is 0.700. The average Bonchev–Trinajstić information content (AvgIpc) is 2.43. The van der Waals surface area contributed by atoms with Crippen LogP contribution in [-0.2, 0) is 4.74 Å². The topological polar surface area (TPSA) is 32.8 Å². The second kappa shape index (κ2) is 1.50. The first-order chi connectivity index (χ1) is 4.22. The molecule has 1 aliphatic heterocycles. The molecule has 52 valence electrons. The van der Waals surface area contributed by atoms with Gasteiger partial charge in [-0.3, -0.25) is 0 Å². The number of aliphatic hydroxyl groups excluding tert-OH is 1. The van der Waals surface area contributed by atoms with Crippen molar-refractivity contribution in [2.75, 3.05) is 0 Å². The average molecular weight is 128 g/mol. The summed E-state index contributed by atoms with van der Waals surface area (Å²) in [6.45, 7) is 2.08. The number of epoxide rings is 1. The molecule has 2 fully saturated rings. The summed E-state index contributed by atoms with van der Waals surface area (Å²) in [6.07, 6.45) is 3.18. The Morgan fingerprint density at radius 2 is 2.44 bits per heavy atom. The Kier molecular flexibility index (Phi) is 0.945. The zero-order valence-corrected chi connectivity index (χ0v) is 5.63. The fourth-order valence-electron chi connectivity index (χ4n) is 1.76. The number of aliphatic hydroxyl groups is 1. The molecule has 2 heteroatoms. The van der Waals surface area contributed by atoms with Crippen molar-refractivity contribution in [3.63, 3.8) is 0 Å². The SMILES string of the molecule is C[C@]12CCCC(O)[C@@H]1O2. The van der Waals surface area contributed by atoms with E-state index in [1.165, 1.54) is 0 Å². The second-order valence-corrected chi connectivity index (χ2v) is 3.31. The Bertz CT molecular complexity index is 135. The Hall–Kier alpha value is -0.0800. The maximum atomic E-state index is 9.26. The van der Waals surface area contributed by atoms with Gasteiger partial charge < -0.3 is 9.84 Å². The van der Waals surface area contributed by atoms with Crippen molar-refractivity contribution >= 4 is 0 Å². The Morgan fingerprint density at radius 3 is 3.00 bits per heavy atom. The van der Waals surface area contributed by atoms with Crippen LogP contribution in [0.15, 0.2) is 0 Å². The Balaban J connectivity index is 2.07. The lowest BCUT2D eigenvalue weighted by Gasteiger charge is -2.16. The summed E-state index contributed by atoms with van der Waals surface area (Å²) >= 11 is 0. The molecule has 0 spiro atoms. The summed E-state index contributed by atoms with van der Waals surface area (Å²) in [5.41, 5.74) is 0.0671. The lowest BCUT2D eigenvalue weighted by Crippen LogP contribution is -2.27. The summed E-state index contributed by atoms with van der Waals surface area (Å²) < 4.78 is 5.33. The van der Waals surface area contributed by atoms with Crippen LogP contribution in [0.1, 0.15) is 26.2 Å². The van der Waals surface area contributed by atoms with Crippen molar-refractivity contribution in [1.29, 1.82) is 0 Å². The molecule has 1 unspecified atom stereocenters. The summed E-state index contributed by atoms with van der Waals surface area (Å²) in [5, 5.41) is 9.26. The van der Waals surface area contributed by atoms with Gasteiger partial charge in [-0.05, 0) is 26.2 Å². The van der Waals surface area contributed by atoms with Gasteiger partial charge in [0.25, 0.3) is 0 Å². The zero-order valence-electron chi connectivity index (χ0n) is 5.63. The molecule has 1 saturated carbocycles. The predicted molar refractivity (Wildman–Crippen MR) is 33.1 cm³/mol. The first kappa shape index (κ1) is 5.69. The number of fused-ring (bicyclic) bond motifs is 1. The van der Waals surface area contributed by atoms with E-state index in [0.717, 1.165) is 19.3 Å². The van der Waals surface area contributed by atoms with Gasteiger partial charge in [0, 0.05) is 0 Å².